The van der Waals surface area contributed by atoms with Gasteiger partial charge in [-0.2, -0.15) is 5.10 Å². The van der Waals surface area contributed by atoms with Gasteiger partial charge >= 0.3 is 5.97 Å². The van der Waals surface area contributed by atoms with Crippen molar-refractivity contribution in [3.05, 3.63) is 18.5 Å². The Morgan fingerprint density at radius 1 is 1.50 bits per heavy atom. The van der Waals surface area contributed by atoms with E-state index in [4.69, 9.17) is 0 Å². The molecule has 1 N–H and O–H groups in total. The zero-order valence-electron chi connectivity index (χ0n) is 10.8. The normalized spacial score (nSPS) is 25.2. The van der Waals surface area contributed by atoms with Crippen molar-refractivity contribution in [3.8, 4) is 0 Å². The zero-order chi connectivity index (χ0) is 13.0. The number of carboxylic acid groups (broad SMARTS) is 1. The SMILES string of the molecule is CCC1CCN(CCn2cccn2)C(C(=O)O)C1. The molecule has 0 aromatic carbocycles. The van der Waals surface area contributed by atoms with Crippen LogP contribution in [0.3, 0.4) is 0 Å². The highest BCUT2D eigenvalue weighted by atomic mass is 16.4. The largest absolute Gasteiger partial charge is 0.480 e. The summed E-state index contributed by atoms with van der Waals surface area (Å²) in [5, 5.41) is 13.5. The number of rotatable bonds is 5. The van der Waals surface area contributed by atoms with Crippen LogP contribution in [-0.4, -0.2) is 44.9 Å². The topological polar surface area (TPSA) is 58.4 Å². The van der Waals surface area contributed by atoms with Crippen LogP contribution in [-0.2, 0) is 11.3 Å². The molecule has 0 saturated carbocycles. The second-order valence-electron chi connectivity index (χ2n) is 4.96. The predicted molar refractivity (Wildman–Crippen MR) is 68.2 cm³/mol. The number of hydrogen-bond donors (Lipinski definition) is 1. The lowest BCUT2D eigenvalue weighted by molar-refractivity contribution is -0.145. The Morgan fingerprint density at radius 2 is 2.33 bits per heavy atom. The van der Waals surface area contributed by atoms with Gasteiger partial charge in [0.15, 0.2) is 0 Å². The summed E-state index contributed by atoms with van der Waals surface area (Å²) in [7, 11) is 0. The van der Waals surface area contributed by atoms with Crippen LogP contribution in [0.5, 0.6) is 0 Å². The number of aliphatic carboxylic acids is 1. The summed E-state index contributed by atoms with van der Waals surface area (Å²) in [6.45, 7) is 4.54. The van der Waals surface area contributed by atoms with Gasteiger partial charge in [-0.15, -0.1) is 0 Å². The number of aromatic nitrogens is 2. The minimum absolute atomic E-state index is 0.320. The van der Waals surface area contributed by atoms with Crippen LogP contribution in [0, 0.1) is 5.92 Å². The Balaban J connectivity index is 1.91. The van der Waals surface area contributed by atoms with Crippen LogP contribution in [0.1, 0.15) is 26.2 Å². The van der Waals surface area contributed by atoms with Gasteiger partial charge in [0.25, 0.3) is 0 Å². The molecule has 0 spiro atoms. The van der Waals surface area contributed by atoms with Crippen LogP contribution in [0.4, 0.5) is 0 Å². The Morgan fingerprint density at radius 3 is 2.94 bits per heavy atom. The highest BCUT2D eigenvalue weighted by Gasteiger charge is 2.32. The van der Waals surface area contributed by atoms with Gasteiger partial charge in [-0.3, -0.25) is 14.4 Å². The molecule has 1 aromatic rings. The van der Waals surface area contributed by atoms with E-state index in [9.17, 15) is 9.90 Å². The maximum Gasteiger partial charge on any atom is 0.320 e. The predicted octanol–water partition coefficient (Wildman–Crippen LogP) is 1.46. The van der Waals surface area contributed by atoms with Crippen LogP contribution < -0.4 is 0 Å². The third-order valence-electron chi connectivity index (χ3n) is 3.86. The quantitative estimate of drug-likeness (QED) is 0.860. The summed E-state index contributed by atoms with van der Waals surface area (Å²) >= 11 is 0. The first kappa shape index (κ1) is 13.1. The molecule has 0 aliphatic carbocycles. The number of piperidine rings is 1. The summed E-state index contributed by atoms with van der Waals surface area (Å²) in [6, 6.07) is 1.57. The van der Waals surface area contributed by atoms with E-state index in [0.29, 0.717) is 5.92 Å². The van der Waals surface area contributed by atoms with E-state index in [1.165, 1.54) is 0 Å². The molecule has 100 valence electrons. The van der Waals surface area contributed by atoms with E-state index in [2.05, 4.69) is 16.9 Å². The van der Waals surface area contributed by atoms with Gasteiger partial charge in [0.1, 0.15) is 6.04 Å². The molecule has 18 heavy (non-hydrogen) atoms. The summed E-state index contributed by atoms with van der Waals surface area (Å²) in [6.07, 6.45) is 6.63. The van der Waals surface area contributed by atoms with Gasteiger partial charge in [0.2, 0.25) is 0 Å². The summed E-state index contributed by atoms with van der Waals surface area (Å²) in [5.41, 5.74) is 0. The molecule has 2 unspecified atom stereocenters. The van der Waals surface area contributed by atoms with Gasteiger partial charge in [0, 0.05) is 18.9 Å². The van der Waals surface area contributed by atoms with Crippen LogP contribution in [0.15, 0.2) is 18.5 Å². The van der Waals surface area contributed by atoms with Crippen molar-refractivity contribution in [1.29, 1.82) is 0 Å². The maximum absolute atomic E-state index is 11.3. The van der Waals surface area contributed by atoms with E-state index in [0.717, 1.165) is 38.9 Å². The smallest absolute Gasteiger partial charge is 0.320 e. The molecule has 1 saturated heterocycles. The van der Waals surface area contributed by atoms with E-state index < -0.39 is 5.97 Å². The standard InChI is InChI=1S/C13H21N3O2/c1-2-11-4-7-15(12(10-11)13(17)18)8-9-16-6-3-5-14-16/h3,5-6,11-12H,2,4,7-10H2,1H3,(H,17,18). The molecule has 0 bridgehead atoms. The molecule has 0 radical (unpaired) electrons. The number of carbonyl (C=O) groups is 1. The molecule has 2 rings (SSSR count). The number of likely N-dealkylation sites (tertiary alicyclic amines) is 1. The molecule has 5 nitrogen and oxygen atoms in total. The van der Waals surface area contributed by atoms with Crippen LogP contribution >= 0.6 is 0 Å². The number of carboxylic acids is 1. The molecule has 1 aliphatic rings. The van der Waals surface area contributed by atoms with E-state index in [1.54, 1.807) is 6.20 Å². The molecule has 2 atom stereocenters. The highest BCUT2D eigenvalue weighted by molar-refractivity contribution is 5.73. The van der Waals surface area contributed by atoms with E-state index >= 15 is 0 Å². The third kappa shape index (κ3) is 3.10. The maximum atomic E-state index is 11.3. The molecule has 5 heteroatoms. The first-order chi connectivity index (χ1) is 8.70. The Kier molecular flexibility index (Phi) is 4.36. The first-order valence-corrected chi connectivity index (χ1v) is 6.65. The average molecular weight is 251 g/mol. The molecule has 0 amide bonds. The van der Waals surface area contributed by atoms with E-state index in [1.807, 2.05) is 16.9 Å². The van der Waals surface area contributed by atoms with Gasteiger partial charge in [-0.1, -0.05) is 13.3 Å². The van der Waals surface area contributed by atoms with Crippen molar-refractivity contribution < 1.29 is 9.90 Å². The second kappa shape index (κ2) is 6.00. The lowest BCUT2D eigenvalue weighted by Gasteiger charge is -2.36. The lowest BCUT2D eigenvalue weighted by atomic mass is 9.89. The number of nitrogens with zero attached hydrogens (tertiary/aromatic N) is 3. The fraction of sp³-hybridized carbons (Fsp3) is 0.692. The minimum Gasteiger partial charge on any atom is -0.480 e. The Hall–Kier alpha value is -1.36. The van der Waals surface area contributed by atoms with Crippen LogP contribution in [0.25, 0.3) is 0 Å². The fourth-order valence-corrected chi connectivity index (χ4v) is 2.65. The van der Waals surface area contributed by atoms with Crippen molar-refractivity contribution in [1.82, 2.24) is 14.7 Å². The first-order valence-electron chi connectivity index (χ1n) is 6.65. The molecule has 1 fully saturated rings. The number of hydrogen-bond acceptors (Lipinski definition) is 3. The molecular weight excluding hydrogens is 230 g/mol. The van der Waals surface area contributed by atoms with Gasteiger partial charge < -0.3 is 5.11 Å². The third-order valence-corrected chi connectivity index (χ3v) is 3.86. The van der Waals surface area contributed by atoms with Crippen LogP contribution in [0.2, 0.25) is 0 Å². The summed E-state index contributed by atoms with van der Waals surface area (Å²) < 4.78 is 1.85. The van der Waals surface area contributed by atoms with Crippen molar-refractivity contribution in [2.75, 3.05) is 13.1 Å². The van der Waals surface area contributed by atoms with E-state index in [-0.39, 0.29) is 6.04 Å². The molecule has 2 heterocycles. The highest BCUT2D eigenvalue weighted by Crippen LogP contribution is 2.25. The Bertz CT molecular complexity index is 378. The van der Waals surface area contributed by atoms with Gasteiger partial charge in [-0.05, 0) is 31.4 Å². The molecular formula is C13H21N3O2. The van der Waals surface area contributed by atoms with Gasteiger partial charge in [-0.25, -0.2) is 0 Å². The van der Waals surface area contributed by atoms with Crippen molar-refractivity contribution in [3.63, 3.8) is 0 Å². The van der Waals surface area contributed by atoms with Crippen molar-refractivity contribution >= 4 is 5.97 Å². The molecule has 1 aliphatic heterocycles. The average Bonchev–Trinajstić information content (AvgIpc) is 2.89. The summed E-state index contributed by atoms with van der Waals surface area (Å²) in [4.78, 5) is 13.4. The van der Waals surface area contributed by atoms with Crippen molar-refractivity contribution in [2.45, 2.75) is 38.8 Å². The fourth-order valence-electron chi connectivity index (χ4n) is 2.65. The zero-order valence-corrected chi connectivity index (χ0v) is 10.8. The second-order valence-corrected chi connectivity index (χ2v) is 4.96. The van der Waals surface area contributed by atoms with Crippen molar-refractivity contribution in [2.24, 2.45) is 5.92 Å². The minimum atomic E-state index is -0.686. The Labute approximate surface area is 107 Å². The monoisotopic (exact) mass is 251 g/mol. The summed E-state index contributed by atoms with van der Waals surface area (Å²) in [5.74, 6) is -0.124. The lowest BCUT2D eigenvalue weighted by Crippen LogP contribution is -2.48. The van der Waals surface area contributed by atoms with Gasteiger partial charge in [0.05, 0.1) is 6.54 Å². The molecule has 1 aromatic heterocycles.